The molecule has 44 heavy (non-hydrogen) atoms. The van der Waals surface area contributed by atoms with E-state index in [1.165, 1.54) is 0 Å². The summed E-state index contributed by atoms with van der Waals surface area (Å²) in [5.41, 5.74) is 4.65. The topological polar surface area (TPSA) is 125 Å². The highest BCUT2D eigenvalue weighted by molar-refractivity contribution is 6.08. The molecule has 1 saturated heterocycles. The molecule has 3 aromatic carbocycles. The summed E-state index contributed by atoms with van der Waals surface area (Å²) in [4.78, 5) is 37.3. The number of morpholine rings is 1. The molecule has 5 aromatic rings. The Labute approximate surface area is 255 Å². The maximum atomic E-state index is 12.7. The first-order valence-corrected chi connectivity index (χ1v) is 14.9. The van der Waals surface area contributed by atoms with Gasteiger partial charge in [-0.15, -0.1) is 0 Å². The van der Waals surface area contributed by atoms with Gasteiger partial charge in [0.1, 0.15) is 5.82 Å². The normalized spacial score (nSPS) is 13.3. The van der Waals surface area contributed by atoms with Gasteiger partial charge in [-0.25, -0.2) is 14.8 Å². The Morgan fingerprint density at radius 1 is 0.841 bits per heavy atom. The number of anilines is 3. The molecule has 0 spiro atoms. The van der Waals surface area contributed by atoms with Gasteiger partial charge in [0.2, 0.25) is 0 Å². The van der Waals surface area contributed by atoms with E-state index in [1.807, 2.05) is 31.3 Å². The third-order valence-electron chi connectivity index (χ3n) is 7.71. The number of carbonyl (C=O) groups excluding carboxylic acids is 2. The largest absolute Gasteiger partial charge is 0.378 e. The van der Waals surface area contributed by atoms with Gasteiger partial charge in [0, 0.05) is 72.2 Å². The molecular weight excluding hydrogens is 556 g/mol. The summed E-state index contributed by atoms with van der Waals surface area (Å²) in [7, 11) is 1.83. The highest BCUT2D eigenvalue weighted by atomic mass is 16.5. The zero-order chi connectivity index (χ0) is 30.5. The lowest BCUT2D eigenvalue weighted by molar-refractivity contribution is 0.0954. The number of rotatable bonds is 9. The molecular formula is C33H36N8O3. The predicted molar refractivity (Wildman–Crippen MR) is 175 cm³/mol. The Hall–Kier alpha value is -5.00. The van der Waals surface area contributed by atoms with Crippen LogP contribution in [0, 0.1) is 0 Å². The quantitative estimate of drug-likeness (QED) is 0.183. The van der Waals surface area contributed by atoms with Gasteiger partial charge in [-0.05, 0) is 80.7 Å². The molecule has 1 aliphatic rings. The lowest BCUT2D eigenvalue weighted by Gasteiger charge is -2.29. The summed E-state index contributed by atoms with van der Waals surface area (Å²) in [6.07, 6.45) is 2.10. The van der Waals surface area contributed by atoms with E-state index < -0.39 is 0 Å². The van der Waals surface area contributed by atoms with E-state index in [9.17, 15) is 9.59 Å². The van der Waals surface area contributed by atoms with Crippen molar-refractivity contribution in [3.8, 4) is 11.4 Å². The van der Waals surface area contributed by atoms with Crippen LogP contribution in [-0.4, -0.2) is 72.9 Å². The van der Waals surface area contributed by atoms with Crippen LogP contribution in [0.4, 0.5) is 22.0 Å². The SMILES string of the molecule is CCn1ccc2c3nc(-c4ccc(NC(=O)Nc5ccc(C(=O)NCCNC)cc5)cc4)nc(N4CCOCC4)c3ccc21. The minimum atomic E-state index is -0.386. The van der Waals surface area contributed by atoms with Crippen molar-refractivity contribution in [3.63, 3.8) is 0 Å². The fraction of sp³-hybridized carbons (Fsp3) is 0.273. The van der Waals surface area contributed by atoms with Crippen molar-refractivity contribution in [1.82, 2.24) is 25.2 Å². The van der Waals surface area contributed by atoms with E-state index in [4.69, 9.17) is 14.7 Å². The maximum absolute atomic E-state index is 12.7. The first kappa shape index (κ1) is 29.1. The molecule has 11 nitrogen and oxygen atoms in total. The number of fused-ring (bicyclic) bond motifs is 3. The fourth-order valence-corrected chi connectivity index (χ4v) is 5.37. The van der Waals surface area contributed by atoms with Crippen LogP contribution in [-0.2, 0) is 11.3 Å². The molecule has 3 amide bonds. The Bertz CT molecular complexity index is 1780. The molecule has 6 rings (SSSR count). The number of carbonyl (C=O) groups is 2. The zero-order valence-corrected chi connectivity index (χ0v) is 24.9. The Morgan fingerprint density at radius 3 is 2.23 bits per heavy atom. The monoisotopic (exact) mass is 592 g/mol. The standard InChI is InChI=1S/C33H36N8O3/c1-3-40-17-14-26-28(40)13-12-27-29(26)38-30(39-31(27)41-18-20-44-21-19-41)22-4-8-24(9-5-22)36-33(43)37-25-10-6-23(7-11-25)32(42)35-16-15-34-2/h4-14,17,34H,3,15-16,18-21H2,1-2H3,(H,35,42)(H2,36,37,43). The molecule has 3 heterocycles. The first-order chi connectivity index (χ1) is 21.5. The van der Waals surface area contributed by atoms with Crippen LogP contribution in [0.3, 0.4) is 0 Å². The van der Waals surface area contributed by atoms with Gasteiger partial charge in [0.25, 0.3) is 5.91 Å². The number of aryl methyl sites for hydroxylation is 1. The summed E-state index contributed by atoms with van der Waals surface area (Å²) < 4.78 is 7.82. The molecule has 0 atom stereocenters. The van der Waals surface area contributed by atoms with Crippen LogP contribution in [0.5, 0.6) is 0 Å². The molecule has 0 radical (unpaired) electrons. The van der Waals surface area contributed by atoms with Crippen LogP contribution in [0.1, 0.15) is 17.3 Å². The number of amides is 3. The van der Waals surface area contributed by atoms with E-state index in [2.05, 4.69) is 62.1 Å². The molecule has 226 valence electrons. The molecule has 4 N–H and O–H groups in total. The van der Waals surface area contributed by atoms with Crippen molar-refractivity contribution >= 4 is 50.9 Å². The third-order valence-corrected chi connectivity index (χ3v) is 7.71. The average molecular weight is 593 g/mol. The number of urea groups is 1. The molecule has 0 aliphatic carbocycles. The number of aromatic nitrogens is 3. The van der Waals surface area contributed by atoms with Crippen molar-refractivity contribution < 1.29 is 14.3 Å². The Kier molecular flexibility index (Phi) is 8.67. The summed E-state index contributed by atoms with van der Waals surface area (Å²) in [5, 5.41) is 13.6. The molecule has 11 heteroatoms. The van der Waals surface area contributed by atoms with E-state index in [0.717, 1.165) is 52.8 Å². The van der Waals surface area contributed by atoms with Gasteiger partial charge < -0.3 is 35.5 Å². The van der Waals surface area contributed by atoms with E-state index in [-0.39, 0.29) is 11.9 Å². The molecule has 0 saturated carbocycles. The first-order valence-electron chi connectivity index (χ1n) is 14.9. The number of hydrogen-bond acceptors (Lipinski definition) is 7. The summed E-state index contributed by atoms with van der Waals surface area (Å²) in [6, 6.07) is 20.3. The van der Waals surface area contributed by atoms with Gasteiger partial charge in [-0.1, -0.05) is 0 Å². The zero-order valence-electron chi connectivity index (χ0n) is 24.9. The van der Waals surface area contributed by atoms with Crippen LogP contribution in [0.25, 0.3) is 33.2 Å². The number of hydrogen-bond donors (Lipinski definition) is 4. The number of nitrogens with one attached hydrogen (secondary N) is 4. The summed E-state index contributed by atoms with van der Waals surface area (Å²) in [6.45, 7) is 7.10. The van der Waals surface area contributed by atoms with Gasteiger partial charge in [-0.2, -0.15) is 0 Å². The Balaban J connectivity index is 1.20. The maximum Gasteiger partial charge on any atom is 0.323 e. The van der Waals surface area contributed by atoms with Gasteiger partial charge in [-0.3, -0.25) is 4.79 Å². The van der Waals surface area contributed by atoms with Crippen LogP contribution >= 0.6 is 0 Å². The lowest BCUT2D eigenvalue weighted by atomic mass is 10.1. The van der Waals surface area contributed by atoms with Crippen molar-refractivity contribution in [1.29, 1.82) is 0 Å². The van der Waals surface area contributed by atoms with Crippen molar-refractivity contribution in [2.24, 2.45) is 0 Å². The van der Waals surface area contributed by atoms with Gasteiger partial charge >= 0.3 is 6.03 Å². The smallest absolute Gasteiger partial charge is 0.323 e. The number of nitrogens with zero attached hydrogens (tertiary/aromatic N) is 4. The van der Waals surface area contributed by atoms with E-state index in [1.54, 1.807) is 24.3 Å². The highest BCUT2D eigenvalue weighted by Gasteiger charge is 2.20. The predicted octanol–water partition coefficient (Wildman–Crippen LogP) is 4.70. The minimum absolute atomic E-state index is 0.160. The fourth-order valence-electron chi connectivity index (χ4n) is 5.37. The second kappa shape index (κ2) is 13.1. The Morgan fingerprint density at radius 2 is 1.55 bits per heavy atom. The number of benzene rings is 3. The van der Waals surface area contributed by atoms with Crippen LogP contribution in [0.2, 0.25) is 0 Å². The lowest BCUT2D eigenvalue weighted by Crippen LogP contribution is -2.37. The molecule has 1 aliphatic heterocycles. The summed E-state index contributed by atoms with van der Waals surface area (Å²) in [5.74, 6) is 1.37. The third kappa shape index (κ3) is 6.19. The van der Waals surface area contributed by atoms with Crippen molar-refractivity contribution in [3.05, 3.63) is 78.5 Å². The van der Waals surface area contributed by atoms with Crippen molar-refractivity contribution in [2.75, 3.05) is 62.0 Å². The van der Waals surface area contributed by atoms with E-state index in [0.29, 0.717) is 49.1 Å². The molecule has 0 unspecified atom stereocenters. The van der Waals surface area contributed by atoms with Crippen LogP contribution < -0.4 is 26.2 Å². The van der Waals surface area contributed by atoms with E-state index >= 15 is 0 Å². The minimum Gasteiger partial charge on any atom is -0.378 e. The second-order valence-corrected chi connectivity index (χ2v) is 10.6. The average Bonchev–Trinajstić information content (AvgIpc) is 3.49. The highest BCUT2D eigenvalue weighted by Crippen LogP contribution is 2.33. The molecule has 1 fully saturated rings. The van der Waals surface area contributed by atoms with Gasteiger partial charge in [0.05, 0.1) is 24.2 Å². The second-order valence-electron chi connectivity index (χ2n) is 10.6. The number of likely N-dealkylation sites (N-methyl/N-ethyl adjacent to an activating group) is 1. The number of ether oxygens (including phenoxy) is 1. The van der Waals surface area contributed by atoms with Crippen molar-refractivity contribution in [2.45, 2.75) is 13.5 Å². The van der Waals surface area contributed by atoms with Gasteiger partial charge in [0.15, 0.2) is 5.82 Å². The molecule has 2 aromatic heterocycles. The molecule has 0 bridgehead atoms. The van der Waals surface area contributed by atoms with Crippen LogP contribution in [0.15, 0.2) is 72.9 Å². The summed E-state index contributed by atoms with van der Waals surface area (Å²) >= 11 is 0.